The van der Waals surface area contributed by atoms with E-state index in [4.69, 9.17) is 9.84 Å². The third-order valence-electron chi connectivity index (χ3n) is 3.72. The number of ether oxygens (including phenoxy) is 1. The standard InChI is InChI=1S/C16H24N2O3/c19-9-6-15(13-4-2-1-3-5-13)17-12-16(20)18-14-7-10-21-11-8-14/h1-5,14-15,17,19H,6-12H2,(H,18,20). The van der Waals surface area contributed by atoms with E-state index in [1.165, 1.54) is 0 Å². The van der Waals surface area contributed by atoms with Crippen molar-refractivity contribution in [3.05, 3.63) is 35.9 Å². The first-order chi connectivity index (χ1) is 10.3. The second kappa shape index (κ2) is 8.77. The molecule has 1 atom stereocenters. The molecule has 1 fully saturated rings. The van der Waals surface area contributed by atoms with E-state index in [0.717, 1.165) is 31.6 Å². The molecule has 1 aliphatic heterocycles. The van der Waals surface area contributed by atoms with Gasteiger partial charge in [-0.1, -0.05) is 30.3 Å². The van der Waals surface area contributed by atoms with Crippen LogP contribution < -0.4 is 10.6 Å². The Balaban J connectivity index is 1.79. The van der Waals surface area contributed by atoms with Crippen molar-refractivity contribution < 1.29 is 14.6 Å². The molecule has 116 valence electrons. The fourth-order valence-electron chi connectivity index (χ4n) is 2.54. The number of carbonyl (C=O) groups excluding carboxylic acids is 1. The van der Waals surface area contributed by atoms with Gasteiger partial charge in [-0.05, 0) is 24.8 Å². The summed E-state index contributed by atoms with van der Waals surface area (Å²) in [6.45, 7) is 1.79. The van der Waals surface area contributed by atoms with Crippen molar-refractivity contribution in [2.24, 2.45) is 0 Å². The summed E-state index contributed by atoms with van der Waals surface area (Å²) in [5.41, 5.74) is 1.09. The van der Waals surface area contributed by atoms with E-state index in [1.807, 2.05) is 30.3 Å². The molecule has 0 saturated carbocycles. The molecule has 21 heavy (non-hydrogen) atoms. The molecule has 0 aromatic heterocycles. The lowest BCUT2D eigenvalue weighted by molar-refractivity contribution is -0.121. The molecule has 0 aliphatic carbocycles. The number of nitrogens with one attached hydrogen (secondary N) is 2. The molecular weight excluding hydrogens is 268 g/mol. The van der Waals surface area contributed by atoms with Gasteiger partial charge in [0.15, 0.2) is 0 Å². The second-order valence-electron chi connectivity index (χ2n) is 5.31. The molecule has 0 spiro atoms. The van der Waals surface area contributed by atoms with Crippen molar-refractivity contribution in [2.75, 3.05) is 26.4 Å². The number of rotatable bonds is 7. The maximum atomic E-state index is 12.0. The van der Waals surface area contributed by atoms with Gasteiger partial charge in [-0.3, -0.25) is 4.79 Å². The molecule has 5 heteroatoms. The minimum atomic E-state index is -0.00311. The minimum Gasteiger partial charge on any atom is -0.396 e. The molecule has 1 aromatic rings. The van der Waals surface area contributed by atoms with Crippen LogP contribution >= 0.6 is 0 Å². The molecule has 1 unspecified atom stereocenters. The Morgan fingerprint density at radius 1 is 1.29 bits per heavy atom. The van der Waals surface area contributed by atoms with Gasteiger partial charge in [0.25, 0.3) is 0 Å². The molecule has 0 bridgehead atoms. The summed E-state index contributed by atoms with van der Waals surface area (Å²) < 4.78 is 5.27. The molecule has 0 radical (unpaired) electrons. The summed E-state index contributed by atoms with van der Waals surface area (Å²) in [7, 11) is 0. The van der Waals surface area contributed by atoms with Gasteiger partial charge in [-0.15, -0.1) is 0 Å². The van der Waals surface area contributed by atoms with E-state index in [0.29, 0.717) is 6.42 Å². The van der Waals surface area contributed by atoms with Crippen molar-refractivity contribution in [1.29, 1.82) is 0 Å². The highest BCUT2D eigenvalue weighted by molar-refractivity contribution is 5.78. The first kappa shape index (κ1) is 15.9. The van der Waals surface area contributed by atoms with Crippen LogP contribution in [0.3, 0.4) is 0 Å². The van der Waals surface area contributed by atoms with E-state index in [1.54, 1.807) is 0 Å². The molecule has 1 aromatic carbocycles. The lowest BCUT2D eigenvalue weighted by atomic mass is 10.0. The van der Waals surface area contributed by atoms with Gasteiger partial charge >= 0.3 is 0 Å². The Morgan fingerprint density at radius 3 is 2.67 bits per heavy atom. The predicted octanol–water partition coefficient (Wildman–Crippen LogP) is 0.995. The maximum Gasteiger partial charge on any atom is 0.234 e. The van der Waals surface area contributed by atoms with E-state index in [9.17, 15) is 4.79 Å². The second-order valence-corrected chi connectivity index (χ2v) is 5.31. The Bertz CT molecular complexity index is 419. The van der Waals surface area contributed by atoms with Crippen LogP contribution in [0.15, 0.2) is 30.3 Å². The van der Waals surface area contributed by atoms with E-state index in [-0.39, 0.29) is 31.1 Å². The van der Waals surface area contributed by atoms with E-state index < -0.39 is 0 Å². The van der Waals surface area contributed by atoms with Crippen LogP contribution in [0.25, 0.3) is 0 Å². The van der Waals surface area contributed by atoms with Crippen LogP contribution in [0, 0.1) is 0 Å². The molecule has 1 aliphatic rings. The highest BCUT2D eigenvalue weighted by Crippen LogP contribution is 2.15. The van der Waals surface area contributed by atoms with Gasteiger partial charge in [0.2, 0.25) is 5.91 Å². The number of benzene rings is 1. The average molecular weight is 292 g/mol. The third kappa shape index (κ3) is 5.46. The Hall–Kier alpha value is -1.43. The van der Waals surface area contributed by atoms with Crippen molar-refractivity contribution in [3.63, 3.8) is 0 Å². The average Bonchev–Trinajstić information content (AvgIpc) is 2.53. The van der Waals surface area contributed by atoms with Gasteiger partial charge < -0.3 is 20.5 Å². The van der Waals surface area contributed by atoms with Crippen LogP contribution in [-0.2, 0) is 9.53 Å². The topological polar surface area (TPSA) is 70.6 Å². The lowest BCUT2D eigenvalue weighted by Gasteiger charge is -2.24. The van der Waals surface area contributed by atoms with Crippen LogP contribution in [0.5, 0.6) is 0 Å². The van der Waals surface area contributed by atoms with Gasteiger partial charge in [-0.25, -0.2) is 0 Å². The van der Waals surface area contributed by atoms with Crippen molar-refractivity contribution >= 4 is 5.91 Å². The summed E-state index contributed by atoms with van der Waals surface area (Å²) >= 11 is 0. The largest absolute Gasteiger partial charge is 0.396 e. The molecule has 1 heterocycles. The highest BCUT2D eigenvalue weighted by Gasteiger charge is 2.17. The zero-order valence-electron chi connectivity index (χ0n) is 12.3. The van der Waals surface area contributed by atoms with Crippen molar-refractivity contribution in [1.82, 2.24) is 10.6 Å². The summed E-state index contributed by atoms with van der Waals surface area (Å²) in [6.07, 6.45) is 2.35. The fraction of sp³-hybridized carbons (Fsp3) is 0.562. The summed E-state index contributed by atoms with van der Waals surface area (Å²) in [6, 6.07) is 10.1. The number of aliphatic hydroxyl groups excluding tert-OH is 1. The monoisotopic (exact) mass is 292 g/mol. The van der Waals surface area contributed by atoms with Crippen molar-refractivity contribution in [2.45, 2.75) is 31.3 Å². The van der Waals surface area contributed by atoms with Crippen LogP contribution in [-0.4, -0.2) is 43.4 Å². The summed E-state index contributed by atoms with van der Waals surface area (Å²) in [5.74, 6) is 0.000714. The van der Waals surface area contributed by atoms with E-state index in [2.05, 4.69) is 10.6 Å². The van der Waals surface area contributed by atoms with Crippen LogP contribution in [0.2, 0.25) is 0 Å². The number of aliphatic hydroxyl groups is 1. The summed E-state index contributed by atoms with van der Waals surface area (Å²) in [5, 5.41) is 15.4. The Morgan fingerprint density at radius 2 is 2.00 bits per heavy atom. The fourth-order valence-corrected chi connectivity index (χ4v) is 2.54. The highest BCUT2D eigenvalue weighted by atomic mass is 16.5. The maximum absolute atomic E-state index is 12.0. The lowest BCUT2D eigenvalue weighted by Crippen LogP contribution is -2.43. The van der Waals surface area contributed by atoms with Gasteiger partial charge in [0, 0.05) is 31.9 Å². The van der Waals surface area contributed by atoms with Crippen LogP contribution in [0.4, 0.5) is 0 Å². The van der Waals surface area contributed by atoms with Gasteiger partial charge in [-0.2, -0.15) is 0 Å². The SMILES string of the molecule is O=C(CNC(CCO)c1ccccc1)NC1CCOCC1. The van der Waals surface area contributed by atoms with E-state index >= 15 is 0 Å². The zero-order chi connectivity index (χ0) is 14.9. The zero-order valence-corrected chi connectivity index (χ0v) is 12.3. The molecule has 2 rings (SSSR count). The number of carbonyl (C=O) groups is 1. The van der Waals surface area contributed by atoms with Crippen LogP contribution in [0.1, 0.15) is 30.9 Å². The normalized spacial score (nSPS) is 17.4. The number of hydrogen-bond acceptors (Lipinski definition) is 4. The molecule has 1 amide bonds. The smallest absolute Gasteiger partial charge is 0.234 e. The molecular formula is C16H24N2O3. The van der Waals surface area contributed by atoms with Gasteiger partial charge in [0.05, 0.1) is 6.54 Å². The summed E-state index contributed by atoms with van der Waals surface area (Å²) in [4.78, 5) is 12.0. The first-order valence-electron chi connectivity index (χ1n) is 7.56. The van der Waals surface area contributed by atoms with Gasteiger partial charge in [0.1, 0.15) is 0 Å². The predicted molar refractivity (Wildman–Crippen MR) is 80.9 cm³/mol. The Kier molecular flexibility index (Phi) is 6.66. The number of amides is 1. The molecule has 3 N–H and O–H groups in total. The first-order valence-corrected chi connectivity index (χ1v) is 7.56. The minimum absolute atomic E-state index is 0.000714. The molecule has 5 nitrogen and oxygen atoms in total. The quantitative estimate of drug-likeness (QED) is 0.701. The molecule has 1 saturated heterocycles. The van der Waals surface area contributed by atoms with Crippen molar-refractivity contribution in [3.8, 4) is 0 Å². The third-order valence-corrected chi connectivity index (χ3v) is 3.72. The number of hydrogen-bond donors (Lipinski definition) is 3. The Labute approximate surface area is 125 Å².